The molecular weight excluding hydrogens is 213 g/mol. The molecule has 0 aromatic rings. The summed E-state index contributed by atoms with van der Waals surface area (Å²) in [6.45, 7) is 0. The maximum Gasteiger partial charge on any atom is 0.196 e. The topological polar surface area (TPSA) is 0 Å². The van der Waals surface area contributed by atoms with Crippen LogP contribution in [-0.2, 0) is 0 Å². The Bertz CT molecular complexity index is 62.6. The molecule has 0 aromatic carbocycles. The Labute approximate surface area is 73.0 Å². The quantitative estimate of drug-likeness (QED) is 0.588. The number of alkyl halides is 5. The number of hydrogen-bond acceptors (Lipinski definition) is 0. The Balaban J connectivity index is 3.39. The summed E-state index contributed by atoms with van der Waals surface area (Å²) in [5, 5.41) is 0. The van der Waals surface area contributed by atoms with E-state index >= 15 is 0 Å². The molecule has 0 saturated carbocycles. The van der Waals surface area contributed by atoms with Crippen LogP contribution < -0.4 is 0 Å². The second-order valence-electron chi connectivity index (χ2n) is 1.04. The minimum absolute atomic E-state index is 0.734. The molecule has 0 saturated heterocycles. The van der Waals surface area contributed by atoms with Gasteiger partial charge in [-0.05, 0) is 0 Å². The molecule has 0 aromatic heterocycles. The highest BCUT2D eigenvalue weighted by molar-refractivity contribution is 6.69. The van der Waals surface area contributed by atoms with Gasteiger partial charge < -0.3 is 0 Å². The van der Waals surface area contributed by atoms with E-state index in [-0.39, 0.29) is 0 Å². The van der Waals surface area contributed by atoms with Crippen LogP contribution in [0.5, 0.6) is 0 Å². The van der Waals surface area contributed by atoms with Crippen LogP contribution in [0, 0.1) is 6.42 Å². The monoisotopic (exact) mass is 213 g/mol. The number of hydrogen-bond donors (Lipinski definition) is 0. The molecule has 1 radical (unpaired) electrons. The van der Waals surface area contributed by atoms with Gasteiger partial charge in [0.15, 0.2) is 3.79 Å². The maximum absolute atomic E-state index is 5.23. The summed E-state index contributed by atoms with van der Waals surface area (Å²) in [7, 11) is 0. The second kappa shape index (κ2) is 3.58. The van der Waals surface area contributed by atoms with Crippen LogP contribution in [0.15, 0.2) is 0 Å². The molecule has 0 bridgehead atoms. The van der Waals surface area contributed by atoms with Crippen molar-refractivity contribution in [1.82, 2.24) is 0 Å². The predicted octanol–water partition coefficient (Wildman–Crippen LogP) is 3.36. The van der Waals surface area contributed by atoms with Gasteiger partial charge in [0, 0.05) is 6.42 Å². The first-order valence-corrected chi connectivity index (χ1v) is 3.63. The highest BCUT2D eigenvalue weighted by Gasteiger charge is 2.23. The Hall–Kier alpha value is 1.45. The Morgan fingerprint density at radius 1 is 1.12 bits per heavy atom. The van der Waals surface area contributed by atoms with Gasteiger partial charge in [0.25, 0.3) is 0 Å². The third kappa shape index (κ3) is 7.45. The molecular formula is C3H2Cl5. The van der Waals surface area contributed by atoms with Gasteiger partial charge >= 0.3 is 0 Å². The zero-order chi connectivity index (χ0) is 6.78. The van der Waals surface area contributed by atoms with E-state index in [0.29, 0.717) is 0 Å². The SMILES string of the molecule is ClC(Cl)[CH]C(Cl)(Cl)Cl. The van der Waals surface area contributed by atoms with Crippen LogP contribution in [0.1, 0.15) is 0 Å². The third-order valence-electron chi connectivity index (χ3n) is 0.315. The van der Waals surface area contributed by atoms with Crippen LogP contribution in [0.4, 0.5) is 0 Å². The standard InChI is InChI=1S/C3H2Cl5/c4-2(5)1-3(6,7)8/h1-2H. The number of rotatable bonds is 1. The maximum atomic E-state index is 5.23. The molecule has 0 rings (SSSR count). The molecule has 0 aliphatic heterocycles. The summed E-state index contributed by atoms with van der Waals surface area (Å²) in [4.78, 5) is -0.734. The Morgan fingerprint density at radius 2 is 1.50 bits per heavy atom. The van der Waals surface area contributed by atoms with Gasteiger partial charge in [0.2, 0.25) is 0 Å². The first kappa shape index (κ1) is 9.45. The van der Waals surface area contributed by atoms with E-state index in [1.807, 2.05) is 0 Å². The lowest BCUT2D eigenvalue weighted by Gasteiger charge is -2.08. The largest absolute Gasteiger partial charge is 0.196 e. The minimum atomic E-state index is -1.45. The van der Waals surface area contributed by atoms with Gasteiger partial charge in [-0.15, -0.1) is 23.2 Å². The molecule has 0 unspecified atom stereocenters. The fourth-order valence-corrected chi connectivity index (χ4v) is 1.29. The summed E-state index contributed by atoms with van der Waals surface area (Å²) >= 11 is 26.1. The van der Waals surface area contributed by atoms with Crippen LogP contribution in [-0.4, -0.2) is 8.63 Å². The van der Waals surface area contributed by atoms with E-state index in [9.17, 15) is 0 Å². The van der Waals surface area contributed by atoms with E-state index in [0.717, 1.165) is 0 Å². The van der Waals surface area contributed by atoms with Crippen molar-refractivity contribution in [2.45, 2.75) is 8.63 Å². The summed E-state index contributed by atoms with van der Waals surface area (Å²) in [6, 6.07) is 0. The van der Waals surface area contributed by atoms with Gasteiger partial charge in [-0.25, -0.2) is 0 Å². The average Bonchev–Trinajstić information content (AvgIpc) is 1.21. The molecule has 0 heterocycles. The first-order chi connectivity index (χ1) is 3.42. The number of halogens is 5. The summed E-state index contributed by atoms with van der Waals surface area (Å²) < 4.78 is -1.45. The third-order valence-corrected chi connectivity index (χ3v) is 0.945. The molecule has 0 aliphatic rings. The van der Waals surface area contributed by atoms with Crippen LogP contribution in [0.25, 0.3) is 0 Å². The average molecular weight is 215 g/mol. The highest BCUT2D eigenvalue weighted by atomic mass is 35.6. The zero-order valence-corrected chi connectivity index (χ0v) is 7.32. The molecule has 0 fully saturated rings. The Morgan fingerprint density at radius 3 is 1.50 bits per heavy atom. The Kier molecular flexibility index (Phi) is 4.23. The molecule has 5 heteroatoms. The fourth-order valence-electron chi connectivity index (χ4n) is 0.143. The summed E-state index contributed by atoms with van der Waals surface area (Å²) in [5.74, 6) is 0. The summed E-state index contributed by atoms with van der Waals surface area (Å²) in [5.41, 5.74) is 0. The van der Waals surface area contributed by atoms with Gasteiger partial charge in [-0.1, -0.05) is 34.8 Å². The van der Waals surface area contributed by atoms with Gasteiger partial charge in [-0.2, -0.15) is 0 Å². The minimum Gasteiger partial charge on any atom is -0.105 e. The molecule has 0 amide bonds. The second-order valence-corrected chi connectivity index (χ2v) is 4.58. The highest BCUT2D eigenvalue weighted by Crippen LogP contribution is 2.32. The van der Waals surface area contributed by atoms with Crippen LogP contribution in [0.2, 0.25) is 0 Å². The van der Waals surface area contributed by atoms with Crippen molar-refractivity contribution >= 4 is 58.0 Å². The smallest absolute Gasteiger partial charge is 0.105 e. The van der Waals surface area contributed by atoms with E-state index in [1.54, 1.807) is 0 Å². The molecule has 0 spiro atoms. The lowest BCUT2D eigenvalue weighted by atomic mass is 10.5. The van der Waals surface area contributed by atoms with Crippen LogP contribution >= 0.6 is 58.0 Å². The zero-order valence-electron chi connectivity index (χ0n) is 3.54. The van der Waals surface area contributed by atoms with Crippen molar-refractivity contribution in [3.05, 3.63) is 6.42 Å². The summed E-state index contributed by atoms with van der Waals surface area (Å²) in [6.07, 6.45) is 1.18. The molecule has 0 atom stereocenters. The van der Waals surface area contributed by atoms with E-state index in [1.165, 1.54) is 6.42 Å². The van der Waals surface area contributed by atoms with Crippen molar-refractivity contribution in [2.24, 2.45) is 0 Å². The van der Waals surface area contributed by atoms with E-state index < -0.39 is 8.63 Å². The van der Waals surface area contributed by atoms with Gasteiger partial charge in [0.1, 0.15) is 4.84 Å². The van der Waals surface area contributed by atoms with Crippen molar-refractivity contribution in [1.29, 1.82) is 0 Å². The fraction of sp³-hybridized carbons (Fsp3) is 0.667. The van der Waals surface area contributed by atoms with Crippen molar-refractivity contribution in [3.8, 4) is 0 Å². The predicted molar refractivity (Wildman–Crippen MR) is 40.1 cm³/mol. The van der Waals surface area contributed by atoms with E-state index in [4.69, 9.17) is 58.0 Å². The molecule has 0 aliphatic carbocycles. The van der Waals surface area contributed by atoms with Crippen LogP contribution in [0.3, 0.4) is 0 Å². The molecule has 0 N–H and O–H groups in total. The van der Waals surface area contributed by atoms with E-state index in [2.05, 4.69) is 0 Å². The van der Waals surface area contributed by atoms with Crippen molar-refractivity contribution in [2.75, 3.05) is 0 Å². The van der Waals surface area contributed by atoms with Crippen molar-refractivity contribution < 1.29 is 0 Å². The normalized spacial score (nSPS) is 12.8. The lowest BCUT2D eigenvalue weighted by molar-refractivity contribution is 1.20. The molecule has 0 nitrogen and oxygen atoms in total. The lowest BCUT2D eigenvalue weighted by Crippen LogP contribution is -2.07. The molecule has 49 valence electrons. The van der Waals surface area contributed by atoms with Crippen molar-refractivity contribution in [3.63, 3.8) is 0 Å². The molecule has 8 heavy (non-hydrogen) atoms. The van der Waals surface area contributed by atoms with Gasteiger partial charge in [0.05, 0.1) is 0 Å². The first-order valence-electron chi connectivity index (χ1n) is 1.63. The van der Waals surface area contributed by atoms with Gasteiger partial charge in [-0.3, -0.25) is 0 Å².